The molecule has 0 aliphatic carbocycles. The SMILES string of the molecule is Cc1ccc(C(=O)c2c(O)c(O)n(-c3nc4ccc(Cl)cc4s3)c2-c2ccoc2)o1. The van der Waals surface area contributed by atoms with E-state index in [0.29, 0.717) is 27.0 Å². The molecule has 0 aliphatic heterocycles. The van der Waals surface area contributed by atoms with E-state index in [2.05, 4.69) is 4.98 Å². The zero-order valence-corrected chi connectivity index (χ0v) is 17.0. The smallest absolute Gasteiger partial charge is 0.242 e. The van der Waals surface area contributed by atoms with Gasteiger partial charge in [-0.1, -0.05) is 22.9 Å². The number of fused-ring (bicyclic) bond motifs is 1. The van der Waals surface area contributed by atoms with Gasteiger partial charge in [0.2, 0.25) is 11.7 Å². The quantitative estimate of drug-likeness (QED) is 0.355. The van der Waals surface area contributed by atoms with Crippen molar-refractivity contribution >= 4 is 38.9 Å². The van der Waals surface area contributed by atoms with Crippen LogP contribution in [0.3, 0.4) is 0 Å². The maximum absolute atomic E-state index is 13.2. The van der Waals surface area contributed by atoms with Crippen LogP contribution in [0.5, 0.6) is 11.6 Å². The van der Waals surface area contributed by atoms with Gasteiger partial charge in [-0.15, -0.1) is 0 Å². The summed E-state index contributed by atoms with van der Waals surface area (Å²) in [6.07, 6.45) is 2.85. The number of halogens is 1. The molecule has 150 valence electrons. The molecule has 4 aromatic heterocycles. The lowest BCUT2D eigenvalue weighted by Gasteiger charge is -2.06. The summed E-state index contributed by atoms with van der Waals surface area (Å²) in [5.41, 5.74) is 1.28. The van der Waals surface area contributed by atoms with Crippen molar-refractivity contribution in [2.75, 3.05) is 0 Å². The molecule has 0 radical (unpaired) electrons. The van der Waals surface area contributed by atoms with Crippen molar-refractivity contribution in [1.29, 1.82) is 0 Å². The van der Waals surface area contributed by atoms with Crippen molar-refractivity contribution in [2.24, 2.45) is 0 Å². The second-order valence-electron chi connectivity index (χ2n) is 6.59. The first-order valence-corrected chi connectivity index (χ1v) is 10.0. The van der Waals surface area contributed by atoms with Gasteiger partial charge in [0.1, 0.15) is 5.76 Å². The first kappa shape index (κ1) is 18.5. The molecule has 9 heteroatoms. The molecule has 0 saturated heterocycles. The average Bonchev–Trinajstić information content (AvgIpc) is 3.49. The average molecular weight is 441 g/mol. The number of nitrogens with zero attached hydrogens (tertiary/aromatic N) is 2. The van der Waals surface area contributed by atoms with Gasteiger partial charge in [-0.3, -0.25) is 9.36 Å². The number of furan rings is 2. The Morgan fingerprint density at radius 2 is 2.03 bits per heavy atom. The minimum atomic E-state index is -0.574. The van der Waals surface area contributed by atoms with Crippen molar-refractivity contribution in [3.8, 4) is 28.0 Å². The number of hydrogen-bond donors (Lipinski definition) is 2. The van der Waals surface area contributed by atoms with Gasteiger partial charge in [-0.05, 0) is 43.3 Å². The van der Waals surface area contributed by atoms with Crippen molar-refractivity contribution < 1.29 is 23.8 Å². The van der Waals surface area contributed by atoms with Crippen molar-refractivity contribution in [3.05, 3.63) is 71.0 Å². The molecule has 0 spiro atoms. The van der Waals surface area contributed by atoms with Crippen LogP contribution in [0.25, 0.3) is 26.6 Å². The van der Waals surface area contributed by atoms with Crippen LogP contribution >= 0.6 is 22.9 Å². The van der Waals surface area contributed by atoms with E-state index in [4.69, 9.17) is 20.4 Å². The van der Waals surface area contributed by atoms with E-state index in [1.54, 1.807) is 37.3 Å². The summed E-state index contributed by atoms with van der Waals surface area (Å²) in [4.78, 5) is 17.7. The van der Waals surface area contributed by atoms with Crippen LogP contribution in [0, 0.1) is 6.92 Å². The number of aromatic nitrogens is 2. The van der Waals surface area contributed by atoms with Gasteiger partial charge in [0.15, 0.2) is 16.6 Å². The Bertz CT molecular complexity index is 1410. The third-order valence-corrected chi connectivity index (χ3v) is 5.88. The van der Waals surface area contributed by atoms with Gasteiger partial charge >= 0.3 is 0 Å². The van der Waals surface area contributed by atoms with Crippen LogP contribution in [-0.2, 0) is 0 Å². The van der Waals surface area contributed by atoms with E-state index in [9.17, 15) is 15.0 Å². The van der Waals surface area contributed by atoms with Crippen LogP contribution in [0.1, 0.15) is 21.9 Å². The van der Waals surface area contributed by atoms with Gasteiger partial charge in [-0.2, -0.15) is 0 Å². The molecular formula is C21H13ClN2O5S. The maximum atomic E-state index is 13.2. The Balaban J connectivity index is 1.80. The summed E-state index contributed by atoms with van der Waals surface area (Å²) < 4.78 is 12.7. The van der Waals surface area contributed by atoms with Crippen LogP contribution in [0.15, 0.2) is 57.8 Å². The Kier molecular flexibility index (Phi) is 4.19. The van der Waals surface area contributed by atoms with E-state index < -0.39 is 17.4 Å². The molecular weight excluding hydrogens is 428 g/mol. The van der Waals surface area contributed by atoms with Gasteiger partial charge in [0.05, 0.1) is 34.0 Å². The predicted molar refractivity (Wildman–Crippen MR) is 112 cm³/mol. The van der Waals surface area contributed by atoms with E-state index >= 15 is 0 Å². The first-order chi connectivity index (χ1) is 14.4. The molecule has 2 N–H and O–H groups in total. The standard InChI is InChI=1S/C21H13ClN2O5S/c1-10-2-5-14(29-10)18(25)16-17(11-6-7-28-9-11)24(20(27)19(16)26)21-23-13-4-3-12(22)8-15(13)30-21/h2-9,26-27H,1H3. The molecule has 7 nitrogen and oxygen atoms in total. The van der Waals surface area contributed by atoms with Crippen molar-refractivity contribution in [3.63, 3.8) is 0 Å². The fourth-order valence-electron chi connectivity index (χ4n) is 3.28. The molecule has 0 aliphatic rings. The lowest BCUT2D eigenvalue weighted by molar-refractivity contribution is 0.101. The van der Waals surface area contributed by atoms with E-state index in [0.717, 1.165) is 4.70 Å². The maximum Gasteiger partial charge on any atom is 0.242 e. The van der Waals surface area contributed by atoms with Gasteiger partial charge in [-0.25, -0.2) is 4.98 Å². The molecule has 0 amide bonds. The lowest BCUT2D eigenvalue weighted by atomic mass is 10.0. The summed E-state index contributed by atoms with van der Waals surface area (Å²) in [6.45, 7) is 1.71. The zero-order chi connectivity index (χ0) is 21.0. The molecule has 0 fully saturated rings. The summed E-state index contributed by atoms with van der Waals surface area (Å²) in [7, 11) is 0. The number of thiazole rings is 1. The van der Waals surface area contributed by atoms with Crippen LogP contribution in [0.2, 0.25) is 5.02 Å². The number of carbonyl (C=O) groups excluding carboxylic acids is 1. The van der Waals surface area contributed by atoms with Gasteiger partial charge < -0.3 is 19.0 Å². The normalized spacial score (nSPS) is 11.4. The van der Waals surface area contributed by atoms with Crippen LogP contribution in [0.4, 0.5) is 0 Å². The molecule has 4 heterocycles. The van der Waals surface area contributed by atoms with Crippen LogP contribution in [-0.4, -0.2) is 25.5 Å². The first-order valence-electron chi connectivity index (χ1n) is 8.81. The second kappa shape index (κ2) is 6.79. The molecule has 0 saturated carbocycles. The highest BCUT2D eigenvalue weighted by Gasteiger charge is 2.32. The van der Waals surface area contributed by atoms with Crippen LogP contribution < -0.4 is 0 Å². The molecule has 5 aromatic rings. The minimum absolute atomic E-state index is 0.0424. The highest BCUT2D eigenvalue weighted by molar-refractivity contribution is 7.20. The number of hydrogen-bond acceptors (Lipinski definition) is 7. The monoisotopic (exact) mass is 440 g/mol. The fraction of sp³-hybridized carbons (Fsp3) is 0.0476. The number of carbonyl (C=O) groups is 1. The number of ketones is 1. The molecule has 1 aromatic carbocycles. The van der Waals surface area contributed by atoms with E-state index in [1.165, 1.54) is 34.5 Å². The summed E-state index contributed by atoms with van der Waals surface area (Å²) in [5, 5.41) is 22.4. The summed E-state index contributed by atoms with van der Waals surface area (Å²) in [6, 6.07) is 10.0. The summed E-state index contributed by atoms with van der Waals surface area (Å²) >= 11 is 7.33. The zero-order valence-electron chi connectivity index (χ0n) is 15.4. The Morgan fingerprint density at radius 3 is 2.73 bits per heavy atom. The fourth-order valence-corrected chi connectivity index (χ4v) is 4.53. The van der Waals surface area contributed by atoms with E-state index in [1.807, 2.05) is 0 Å². The largest absolute Gasteiger partial charge is 0.503 e. The molecule has 5 rings (SSSR count). The third kappa shape index (κ3) is 2.80. The predicted octanol–water partition coefficient (Wildman–Crippen LogP) is 5.54. The summed E-state index contributed by atoms with van der Waals surface area (Å²) in [5.74, 6) is -1.06. The second-order valence-corrected chi connectivity index (χ2v) is 8.04. The van der Waals surface area contributed by atoms with Crippen molar-refractivity contribution in [2.45, 2.75) is 6.92 Å². The van der Waals surface area contributed by atoms with E-state index in [-0.39, 0.29) is 17.0 Å². The Labute approximate surface area is 178 Å². The molecule has 0 atom stereocenters. The number of rotatable bonds is 4. The van der Waals surface area contributed by atoms with Crippen molar-refractivity contribution in [1.82, 2.24) is 9.55 Å². The molecule has 0 bridgehead atoms. The molecule has 30 heavy (non-hydrogen) atoms. The highest BCUT2D eigenvalue weighted by Crippen LogP contribution is 2.45. The highest BCUT2D eigenvalue weighted by atomic mass is 35.5. The number of aryl methyl sites for hydroxylation is 1. The Morgan fingerprint density at radius 1 is 1.20 bits per heavy atom. The third-order valence-electron chi connectivity index (χ3n) is 4.64. The van der Waals surface area contributed by atoms with Gasteiger partial charge in [0.25, 0.3) is 0 Å². The minimum Gasteiger partial charge on any atom is -0.503 e. The molecule has 0 unspecified atom stereocenters. The lowest BCUT2D eigenvalue weighted by Crippen LogP contribution is -2.03. The number of aromatic hydroxyl groups is 2. The topological polar surface area (TPSA) is 102 Å². The Hall–Kier alpha value is -3.49. The number of benzene rings is 1. The van der Waals surface area contributed by atoms with Gasteiger partial charge in [0, 0.05) is 10.6 Å².